The minimum atomic E-state index is -1.26. The van der Waals surface area contributed by atoms with Gasteiger partial charge in [0.1, 0.15) is 23.8 Å². The molecule has 2 fully saturated rings. The number of Topliss-reactive ketones (excluding diaryl/α,β-unsaturated/α-hetero) is 2. The summed E-state index contributed by atoms with van der Waals surface area (Å²) in [6.45, 7) is 1.28. The third-order valence-electron chi connectivity index (χ3n) is 12.5. The molecule has 31 atom stereocenters. The van der Waals surface area contributed by atoms with Gasteiger partial charge in [-0.15, -0.1) is 161 Å². The number of rotatable bonds is 28. The van der Waals surface area contributed by atoms with Crippen LogP contribution in [0.2, 0.25) is 0 Å². The summed E-state index contributed by atoms with van der Waals surface area (Å²) in [5, 5.41) is 21.0. The monoisotopic (exact) mass is 2060 g/mol. The van der Waals surface area contributed by atoms with Crippen LogP contribution in [0.25, 0.3) is 0 Å². The summed E-state index contributed by atoms with van der Waals surface area (Å²) < 4.78 is 20.3. The summed E-state index contributed by atoms with van der Waals surface area (Å²) in [6, 6.07) is -0.561. The van der Waals surface area contributed by atoms with Gasteiger partial charge in [0, 0.05) is 96.4 Å². The Morgan fingerprint density at radius 2 is 1.00 bits per heavy atom. The number of carboxylic acid groups (broad SMARTS) is 1. The predicted octanol–water partition coefficient (Wildman–Crippen LogP) is 19.1. The molecule has 4 aliphatic heterocycles. The number of amides is 1. The van der Waals surface area contributed by atoms with E-state index in [2.05, 4.69) is 215 Å². The van der Waals surface area contributed by atoms with E-state index in [9.17, 15) is 48.3 Å². The molecule has 59 heteroatoms. The third-order valence-corrected chi connectivity index (χ3v) is 224. The van der Waals surface area contributed by atoms with Crippen LogP contribution in [-0.4, -0.2) is 95.9 Å². The normalized spacial score (nSPS) is 19.7. The van der Waals surface area contributed by atoms with Gasteiger partial charge in [0.25, 0.3) is 5.56 Å². The minimum Gasteiger partial charge on any atom is -0.543 e. The van der Waals surface area contributed by atoms with E-state index < -0.39 is 124 Å². The second kappa shape index (κ2) is 54.6. The number of anilines is 1. The van der Waals surface area contributed by atoms with Gasteiger partial charge in [-0.1, -0.05) is 40.8 Å². The number of hydrogen-bond donors (Lipinski definition) is 4. The number of fused-ring (bicyclic) bond motifs is 2. The number of pyridine rings is 1. The molecular formula is C37H90N6NaO13P39. The molecule has 0 aliphatic carbocycles. The summed E-state index contributed by atoms with van der Waals surface area (Å²) in [5.41, 5.74) is 3.28. The first-order valence-corrected chi connectivity index (χ1v) is 94.5. The second-order valence-electron chi connectivity index (χ2n) is 19.0. The first-order valence-electron chi connectivity index (χ1n) is 26.1. The summed E-state index contributed by atoms with van der Waals surface area (Å²) in [5.74, 6) is -2.37. The SMILES string of the molecule is C.C=C(NC)C(=O)[O-].CC(=O)/C=C1/CCC(C(=O)OP(P(P)P(P)P)P(P(P)P)P(P)P)N1.CNC1CC(C(C)=O)=C2CCC(C(=O)OP(P(P)P(P)P)P(P(P)P)P(P)P)N2C1=O.CNc1cc(C(C)=O)c2n(c1=O)C(C(=O)OP(P(P)P(P)P)P(P(P)P)P(P)P)CC2.[Na+]. The zero-order chi connectivity index (χ0) is 72.4. The molecule has 0 spiro atoms. The maximum atomic E-state index is 13.5. The first-order chi connectivity index (χ1) is 43.6. The Morgan fingerprint density at radius 1 is 0.594 bits per heavy atom. The van der Waals surface area contributed by atoms with Crippen molar-refractivity contribution in [2.45, 2.75) is 97.3 Å². The minimum absolute atomic E-state index is 0. The van der Waals surface area contributed by atoms with Gasteiger partial charge < -0.3 is 49.6 Å². The molecular weight excluding hydrogens is 1970 g/mol. The van der Waals surface area contributed by atoms with Crippen LogP contribution in [0.5, 0.6) is 0 Å². The summed E-state index contributed by atoms with van der Waals surface area (Å²) in [7, 11) is 63.4. The van der Waals surface area contributed by atoms with Crippen molar-refractivity contribution in [2.75, 3.05) is 26.5 Å². The summed E-state index contributed by atoms with van der Waals surface area (Å²) >= 11 is 0. The van der Waals surface area contributed by atoms with Crippen molar-refractivity contribution in [1.82, 2.24) is 25.4 Å². The Morgan fingerprint density at radius 3 is 1.33 bits per heavy atom. The van der Waals surface area contributed by atoms with Gasteiger partial charge in [-0.05, 0) is 141 Å². The van der Waals surface area contributed by atoms with Crippen LogP contribution < -0.4 is 61.5 Å². The number of likely N-dealkylation sites (N-methyl/N-ethyl adjacent to an activating group) is 2. The van der Waals surface area contributed by atoms with E-state index in [4.69, 9.17) is 13.6 Å². The average Bonchev–Trinajstić information content (AvgIpc) is 1.60. The molecule has 2 saturated heterocycles. The smallest absolute Gasteiger partial charge is 0.543 e. The average molecular weight is 2060 g/mol. The van der Waals surface area contributed by atoms with Crippen molar-refractivity contribution < 1.29 is 86.6 Å². The first kappa shape index (κ1) is 108. The molecule has 0 aromatic carbocycles. The standard InChI is InChI=1S/C12H29N2O4P13.C12H27N2O4P13.C8H24NO3P13.C4H7NO2.CH4.Na/c2*1-6(15)7-5-8(13-2)11(16)14-9(7)3-4-10(14)12(17)18-26(30(25)27(19)20)31(28(21)22)29(23)24;1-5(10)4-6-2-3-7(9-6)8(11)12-20(24(19)21(13)14)25(22(15)16)23(17)18;1-3(5-2)4(6)7;;/h8,10,13H,3-5,19-25H2,1-2H3;5,10,13H,3-4,19-25H2,1-2H3;4,7,9H,2-3,13-19H2,1H3;5H,1H2,2H3,(H,6,7);1H4;/q;;;;;+1/p-1/b;;6-4-;;;. The zero-order valence-electron chi connectivity index (χ0n) is 52.5. The molecule has 0 radical (unpaired) electrons. The molecule has 5 heterocycles. The van der Waals surface area contributed by atoms with E-state index in [1.807, 2.05) is 0 Å². The van der Waals surface area contributed by atoms with E-state index in [-0.39, 0.29) is 123 Å². The fourth-order valence-corrected chi connectivity index (χ4v) is 294. The molecule has 542 valence electrons. The van der Waals surface area contributed by atoms with Gasteiger partial charge in [-0.3, -0.25) is 28.5 Å². The quantitative estimate of drug-likeness (QED) is 0.0263. The van der Waals surface area contributed by atoms with E-state index in [1.165, 1.54) is 32.4 Å². The third kappa shape index (κ3) is 33.9. The van der Waals surface area contributed by atoms with Crippen molar-refractivity contribution >= 4 is 368 Å². The van der Waals surface area contributed by atoms with Crippen molar-refractivity contribution in [2.24, 2.45) is 0 Å². The summed E-state index contributed by atoms with van der Waals surface area (Å²) in [6.07, 6.45) is 5.42. The Balaban J connectivity index is 0.00000133. The molecule has 4 aliphatic rings. The number of nitrogens with zero attached hydrogens (tertiary/aromatic N) is 2. The maximum absolute atomic E-state index is 13.5. The van der Waals surface area contributed by atoms with Crippen LogP contribution in [0.4, 0.5) is 5.69 Å². The molecule has 0 bridgehead atoms. The zero-order valence-corrected chi connectivity index (χ0v) is 94.8. The van der Waals surface area contributed by atoms with Crippen LogP contribution in [0.15, 0.2) is 46.2 Å². The number of nitrogens with one attached hydrogen (secondary N) is 4. The maximum Gasteiger partial charge on any atom is 1.00 e. The van der Waals surface area contributed by atoms with Crippen LogP contribution in [-0.2, 0) is 53.6 Å². The Hall–Kier alpha value is 11.7. The Kier molecular flexibility index (Phi) is 61.2. The Labute approximate surface area is 659 Å². The number of carbonyl (C=O) groups is 8. The molecule has 31 unspecified atom stereocenters. The van der Waals surface area contributed by atoms with E-state index in [0.717, 1.165) is 12.1 Å². The molecule has 5 rings (SSSR count). The second-order valence-corrected chi connectivity index (χ2v) is 165. The largest absolute Gasteiger partial charge is 1.00 e. The van der Waals surface area contributed by atoms with Crippen LogP contribution in [0, 0.1) is 0 Å². The van der Waals surface area contributed by atoms with Gasteiger partial charge >= 0.3 is 47.5 Å². The number of carboxylic acids is 1. The molecule has 0 saturated carbocycles. The number of hydrogen-bond acceptors (Lipinski definition) is 17. The van der Waals surface area contributed by atoms with Gasteiger partial charge in [-0.2, -0.15) is 0 Å². The molecule has 4 N–H and O–H groups in total. The number of allylic oxidation sites excluding steroid dienone is 3. The van der Waals surface area contributed by atoms with Crippen LogP contribution in [0.3, 0.4) is 0 Å². The molecule has 1 aromatic heterocycles. The molecule has 19 nitrogen and oxygen atoms in total. The van der Waals surface area contributed by atoms with E-state index in [0.29, 0.717) is 66.7 Å². The predicted molar refractivity (Wildman–Crippen MR) is 524 cm³/mol. The fourth-order valence-electron chi connectivity index (χ4n) is 8.40. The van der Waals surface area contributed by atoms with Crippen molar-refractivity contribution in [3.05, 3.63) is 63.0 Å². The van der Waals surface area contributed by atoms with Gasteiger partial charge in [0.05, 0.1) is 12.0 Å². The van der Waals surface area contributed by atoms with Crippen molar-refractivity contribution in [3.8, 4) is 0 Å². The van der Waals surface area contributed by atoms with Crippen LogP contribution in [0.1, 0.15) is 88.8 Å². The van der Waals surface area contributed by atoms with Crippen LogP contribution >= 0.6 is 315 Å². The topological polar surface area (TPSA) is 261 Å². The summed E-state index contributed by atoms with van der Waals surface area (Å²) in [4.78, 5) is 113. The number of aliphatic carboxylic acids is 1. The fraction of sp³-hybridized carbons (Fsp3) is 0.486. The number of carbonyl (C=O) groups excluding carboxylic acids is 8. The van der Waals surface area contributed by atoms with E-state index in [1.54, 1.807) is 31.1 Å². The van der Waals surface area contributed by atoms with Gasteiger partial charge in [0.2, 0.25) is 5.91 Å². The van der Waals surface area contributed by atoms with Crippen molar-refractivity contribution in [1.29, 1.82) is 0 Å². The van der Waals surface area contributed by atoms with Gasteiger partial charge in [-0.25, -0.2) is 14.4 Å². The van der Waals surface area contributed by atoms with Crippen molar-refractivity contribution in [3.63, 3.8) is 0 Å². The number of aromatic nitrogens is 1. The number of ketones is 3. The van der Waals surface area contributed by atoms with Gasteiger partial charge in [0.15, 0.2) is 39.9 Å². The molecule has 1 aromatic rings. The van der Waals surface area contributed by atoms with E-state index >= 15 is 0 Å². The molecule has 96 heavy (non-hydrogen) atoms. The Bertz CT molecular complexity index is 2940. The molecule has 1 amide bonds.